The normalized spacial score (nSPS) is 15.3. The number of aryl methyl sites for hydroxylation is 1. The fraction of sp³-hybridized carbons (Fsp3) is 0.308. The van der Waals surface area contributed by atoms with Gasteiger partial charge < -0.3 is 19.1 Å². The van der Waals surface area contributed by atoms with Crippen molar-refractivity contribution in [1.82, 2.24) is 30.0 Å². The number of nitrogens with zero attached hydrogens (tertiary/aromatic N) is 5. The first-order chi connectivity index (χ1) is 17.0. The highest BCUT2D eigenvalue weighted by molar-refractivity contribution is 6.36. The number of halogens is 1. The molecule has 4 heterocycles. The Labute approximate surface area is 207 Å². The molecule has 2 aromatic carbocycles. The first-order valence-corrected chi connectivity index (χ1v) is 12.1. The fourth-order valence-corrected chi connectivity index (χ4v) is 4.86. The predicted octanol–water partition coefficient (Wildman–Crippen LogP) is 5.80. The minimum Gasteiger partial charge on any atom is -0.456 e. The lowest BCUT2D eigenvalue weighted by molar-refractivity contribution is 0.217. The van der Waals surface area contributed by atoms with Gasteiger partial charge in [0.25, 0.3) is 0 Å². The Kier molecular flexibility index (Phi) is 5.62. The summed E-state index contributed by atoms with van der Waals surface area (Å²) in [6.07, 6.45) is 4.96. The van der Waals surface area contributed by atoms with Gasteiger partial charge in [0.2, 0.25) is 0 Å². The Hall–Kier alpha value is -3.49. The van der Waals surface area contributed by atoms with Crippen LogP contribution in [0.15, 0.2) is 47.1 Å². The number of nitrogens with one attached hydrogen (secondary N) is 1. The van der Waals surface area contributed by atoms with Gasteiger partial charge >= 0.3 is 0 Å². The molecule has 5 aromatic rings. The van der Waals surface area contributed by atoms with Gasteiger partial charge in [-0.25, -0.2) is 9.97 Å². The lowest BCUT2D eigenvalue weighted by Gasteiger charge is -2.28. The lowest BCUT2D eigenvalue weighted by Crippen LogP contribution is -2.30. The third kappa shape index (κ3) is 4.47. The number of imidazole rings is 1. The summed E-state index contributed by atoms with van der Waals surface area (Å²) >= 11 is 6.72. The third-order valence-corrected chi connectivity index (χ3v) is 6.93. The molecule has 0 aliphatic carbocycles. The summed E-state index contributed by atoms with van der Waals surface area (Å²) in [6.45, 7) is 4.18. The molecule has 1 aliphatic rings. The van der Waals surface area contributed by atoms with Gasteiger partial charge in [-0.15, -0.1) is 0 Å². The van der Waals surface area contributed by atoms with Crippen molar-refractivity contribution in [2.75, 3.05) is 20.1 Å². The summed E-state index contributed by atoms with van der Waals surface area (Å²) in [5, 5.41) is 4.68. The molecule has 1 saturated heterocycles. The van der Waals surface area contributed by atoms with Crippen LogP contribution in [0, 0.1) is 12.8 Å². The number of hydrogen-bond donors (Lipinski definition) is 1. The van der Waals surface area contributed by atoms with E-state index < -0.39 is 0 Å². The summed E-state index contributed by atoms with van der Waals surface area (Å²) in [5.74, 6) is 3.23. The fourth-order valence-electron chi connectivity index (χ4n) is 4.62. The van der Waals surface area contributed by atoms with Crippen molar-refractivity contribution < 1.29 is 9.26 Å². The van der Waals surface area contributed by atoms with Crippen molar-refractivity contribution in [1.29, 1.82) is 0 Å². The summed E-state index contributed by atoms with van der Waals surface area (Å²) < 4.78 is 11.7. The van der Waals surface area contributed by atoms with E-state index >= 15 is 0 Å². The smallest absolute Gasteiger partial charge is 0.187 e. The first kappa shape index (κ1) is 22.0. The molecule has 6 rings (SSSR count). The van der Waals surface area contributed by atoms with Gasteiger partial charge in [-0.1, -0.05) is 16.8 Å². The largest absolute Gasteiger partial charge is 0.456 e. The van der Waals surface area contributed by atoms with Gasteiger partial charge in [-0.05, 0) is 76.5 Å². The Morgan fingerprint density at radius 2 is 1.94 bits per heavy atom. The SMILES string of the molecule is Cc1nc2ccc(Oc3ccc4ncc(-c5cc(CC6CCN(C)CC6)no5)nc4c3Cl)cc2[nH]1. The minimum atomic E-state index is 0.392. The second-order valence-corrected chi connectivity index (χ2v) is 9.62. The summed E-state index contributed by atoms with van der Waals surface area (Å²) in [7, 11) is 2.17. The number of piperidine rings is 1. The molecule has 0 spiro atoms. The quantitative estimate of drug-likeness (QED) is 0.334. The molecule has 0 unspecified atom stereocenters. The highest BCUT2D eigenvalue weighted by Crippen LogP contribution is 2.36. The molecule has 9 heteroatoms. The highest BCUT2D eigenvalue weighted by Gasteiger charge is 2.20. The molecule has 1 N–H and O–H groups in total. The maximum Gasteiger partial charge on any atom is 0.187 e. The molecule has 8 nitrogen and oxygen atoms in total. The standard InChI is InChI=1S/C26H25ClN6O2/c1-15-29-19-4-3-18(13-21(19)30-15)34-23-6-5-20-26(25(23)27)31-22(14-28-20)24-12-17(32-35-24)11-16-7-9-33(2)10-8-16/h3-6,12-14,16H,7-11H2,1-2H3,(H,29,30). The number of hydrogen-bond acceptors (Lipinski definition) is 7. The van der Waals surface area contributed by atoms with Crippen LogP contribution >= 0.6 is 11.6 Å². The second-order valence-electron chi connectivity index (χ2n) is 9.24. The van der Waals surface area contributed by atoms with E-state index in [2.05, 4.69) is 32.1 Å². The monoisotopic (exact) mass is 488 g/mol. The van der Waals surface area contributed by atoms with E-state index in [1.807, 2.05) is 37.3 Å². The van der Waals surface area contributed by atoms with Gasteiger partial charge in [-0.2, -0.15) is 0 Å². The average molecular weight is 489 g/mol. The molecule has 3 aromatic heterocycles. The van der Waals surface area contributed by atoms with E-state index in [4.69, 9.17) is 25.8 Å². The van der Waals surface area contributed by atoms with Crippen LogP contribution in [0.1, 0.15) is 24.4 Å². The summed E-state index contributed by atoms with van der Waals surface area (Å²) in [4.78, 5) is 19.3. The second kappa shape index (κ2) is 8.94. The molecular formula is C26H25ClN6O2. The van der Waals surface area contributed by atoms with Crippen molar-refractivity contribution in [2.45, 2.75) is 26.2 Å². The average Bonchev–Trinajstić information content (AvgIpc) is 3.47. The van der Waals surface area contributed by atoms with Crippen molar-refractivity contribution in [3.8, 4) is 23.0 Å². The van der Waals surface area contributed by atoms with Gasteiger partial charge in [0.15, 0.2) is 5.76 Å². The van der Waals surface area contributed by atoms with E-state index in [0.29, 0.717) is 44.9 Å². The van der Waals surface area contributed by atoms with Gasteiger partial charge in [0.05, 0.1) is 28.4 Å². The minimum absolute atomic E-state index is 0.392. The van der Waals surface area contributed by atoms with Crippen LogP contribution < -0.4 is 4.74 Å². The highest BCUT2D eigenvalue weighted by atomic mass is 35.5. The van der Waals surface area contributed by atoms with E-state index in [0.717, 1.165) is 42.1 Å². The Morgan fingerprint density at radius 3 is 2.80 bits per heavy atom. The molecular weight excluding hydrogens is 464 g/mol. The zero-order chi connectivity index (χ0) is 23.9. The molecule has 1 fully saturated rings. The molecule has 0 bridgehead atoms. The van der Waals surface area contributed by atoms with Gasteiger partial charge in [-0.3, -0.25) is 4.98 Å². The predicted molar refractivity (Wildman–Crippen MR) is 135 cm³/mol. The van der Waals surface area contributed by atoms with E-state index in [1.54, 1.807) is 12.3 Å². The zero-order valence-corrected chi connectivity index (χ0v) is 20.3. The van der Waals surface area contributed by atoms with Crippen molar-refractivity contribution in [3.63, 3.8) is 0 Å². The molecule has 0 atom stereocenters. The Balaban J connectivity index is 1.25. The summed E-state index contributed by atoms with van der Waals surface area (Å²) in [6, 6.07) is 11.3. The number of fused-ring (bicyclic) bond motifs is 2. The summed E-state index contributed by atoms with van der Waals surface area (Å²) in [5.41, 5.74) is 4.56. The Bertz CT molecular complexity index is 1520. The molecule has 0 radical (unpaired) electrons. The number of ether oxygens (including phenoxy) is 1. The molecule has 178 valence electrons. The zero-order valence-electron chi connectivity index (χ0n) is 19.6. The van der Waals surface area contributed by atoms with Crippen molar-refractivity contribution in [2.24, 2.45) is 5.92 Å². The molecule has 35 heavy (non-hydrogen) atoms. The van der Waals surface area contributed by atoms with Crippen molar-refractivity contribution >= 4 is 33.7 Å². The maximum atomic E-state index is 6.72. The van der Waals surface area contributed by atoms with Crippen LogP contribution in [-0.2, 0) is 6.42 Å². The van der Waals surface area contributed by atoms with E-state index in [1.165, 1.54) is 12.8 Å². The third-order valence-electron chi connectivity index (χ3n) is 6.56. The van der Waals surface area contributed by atoms with Crippen molar-refractivity contribution in [3.05, 3.63) is 59.1 Å². The number of benzene rings is 2. The van der Waals surface area contributed by atoms with Crippen LogP contribution in [0.25, 0.3) is 33.5 Å². The number of rotatable bonds is 5. The topological polar surface area (TPSA) is 93.0 Å². The van der Waals surface area contributed by atoms with E-state index in [9.17, 15) is 0 Å². The van der Waals surface area contributed by atoms with Crippen LogP contribution in [0.5, 0.6) is 11.5 Å². The number of H-pyrrole nitrogens is 1. The van der Waals surface area contributed by atoms with E-state index in [-0.39, 0.29) is 0 Å². The lowest BCUT2D eigenvalue weighted by atomic mass is 9.92. The first-order valence-electron chi connectivity index (χ1n) is 11.8. The van der Waals surface area contributed by atoms with Crippen LogP contribution in [0.4, 0.5) is 0 Å². The number of aromatic nitrogens is 5. The molecule has 0 saturated carbocycles. The maximum absolute atomic E-state index is 6.72. The van der Waals surface area contributed by atoms with Crippen LogP contribution in [-0.4, -0.2) is 50.1 Å². The number of aromatic amines is 1. The number of likely N-dealkylation sites (tertiary alicyclic amines) is 1. The van der Waals surface area contributed by atoms with Gasteiger partial charge in [0, 0.05) is 12.1 Å². The molecule has 0 amide bonds. The molecule has 1 aliphatic heterocycles. The van der Waals surface area contributed by atoms with Crippen LogP contribution in [0.2, 0.25) is 5.02 Å². The Morgan fingerprint density at radius 1 is 1.11 bits per heavy atom. The van der Waals surface area contributed by atoms with Crippen LogP contribution in [0.3, 0.4) is 0 Å². The van der Waals surface area contributed by atoms with Gasteiger partial charge in [0.1, 0.15) is 33.6 Å².